The number of rotatable bonds is 7. The molecule has 0 bridgehead atoms. The van der Waals surface area contributed by atoms with E-state index in [1.54, 1.807) is 0 Å². The molecule has 0 aliphatic heterocycles. The molecule has 100 valence electrons. The van der Waals surface area contributed by atoms with Crippen LogP contribution < -0.4 is 5.73 Å². The molecular weight excluding hydrogens is 228 g/mol. The molecule has 1 aromatic carbocycles. The molecule has 1 rings (SSSR count). The summed E-state index contributed by atoms with van der Waals surface area (Å²) in [6, 6.07) is 8.52. The number of oxime groups is 1. The van der Waals surface area contributed by atoms with E-state index in [0.717, 1.165) is 12.8 Å². The largest absolute Gasteiger partial charge is 0.393 e. The minimum atomic E-state index is -0.0519. The monoisotopic (exact) mass is 250 g/mol. The van der Waals surface area contributed by atoms with Crippen molar-refractivity contribution in [3.63, 3.8) is 0 Å². The first-order valence-electron chi connectivity index (χ1n) is 6.31. The van der Waals surface area contributed by atoms with Crippen molar-refractivity contribution in [1.82, 2.24) is 0 Å². The molecule has 1 atom stereocenters. The summed E-state index contributed by atoms with van der Waals surface area (Å²) in [6.07, 6.45) is 1.89. The first-order valence-corrected chi connectivity index (χ1v) is 6.31. The lowest BCUT2D eigenvalue weighted by atomic mass is 9.99. The first kappa shape index (κ1) is 14.5. The minimum absolute atomic E-state index is 0.0519. The highest BCUT2D eigenvalue weighted by atomic mass is 16.6. The van der Waals surface area contributed by atoms with Gasteiger partial charge in [-0.25, -0.2) is 0 Å². The number of aliphatic hydroxyl groups is 1. The highest BCUT2D eigenvalue weighted by Crippen LogP contribution is 2.11. The van der Waals surface area contributed by atoms with Crippen LogP contribution in [0.4, 0.5) is 0 Å². The van der Waals surface area contributed by atoms with Crippen molar-refractivity contribution in [3.05, 3.63) is 35.4 Å². The fourth-order valence-corrected chi connectivity index (χ4v) is 1.62. The van der Waals surface area contributed by atoms with Crippen LogP contribution >= 0.6 is 0 Å². The molecular formula is C14H22N2O2. The van der Waals surface area contributed by atoms with Crippen molar-refractivity contribution < 1.29 is 9.94 Å². The lowest BCUT2D eigenvalue weighted by Gasteiger charge is -2.11. The molecule has 1 aromatic rings. The maximum absolute atomic E-state index is 8.57. The van der Waals surface area contributed by atoms with E-state index >= 15 is 0 Å². The van der Waals surface area contributed by atoms with Crippen molar-refractivity contribution in [3.8, 4) is 0 Å². The molecule has 0 aliphatic carbocycles. The normalized spacial score (nSPS) is 13.4. The molecule has 3 N–H and O–H groups in total. The van der Waals surface area contributed by atoms with E-state index in [4.69, 9.17) is 15.7 Å². The van der Waals surface area contributed by atoms with E-state index in [1.807, 2.05) is 6.92 Å². The summed E-state index contributed by atoms with van der Waals surface area (Å²) in [6.45, 7) is 4.28. The number of benzene rings is 1. The summed E-state index contributed by atoms with van der Waals surface area (Å²) in [4.78, 5) is 4.85. The predicted molar refractivity (Wildman–Crippen MR) is 73.3 cm³/mol. The van der Waals surface area contributed by atoms with Gasteiger partial charge in [0.25, 0.3) is 0 Å². The van der Waals surface area contributed by atoms with E-state index in [2.05, 4.69) is 36.3 Å². The van der Waals surface area contributed by atoms with Gasteiger partial charge >= 0.3 is 0 Å². The predicted octanol–water partition coefficient (Wildman–Crippen LogP) is 1.71. The van der Waals surface area contributed by atoms with Gasteiger partial charge in [-0.3, -0.25) is 0 Å². The maximum atomic E-state index is 8.57. The molecule has 0 aliphatic rings. The average molecular weight is 250 g/mol. The SMILES string of the molecule is CCc1ccc(C[C@H](C)/C(N)=N/OCCO)cc1. The number of hydrogen-bond acceptors (Lipinski definition) is 3. The quantitative estimate of drug-likeness (QED) is 0.335. The van der Waals surface area contributed by atoms with Crippen LogP contribution in [0.15, 0.2) is 29.4 Å². The Morgan fingerprint density at radius 1 is 1.33 bits per heavy atom. The van der Waals surface area contributed by atoms with E-state index < -0.39 is 0 Å². The summed E-state index contributed by atoms with van der Waals surface area (Å²) in [5.74, 6) is 0.583. The van der Waals surface area contributed by atoms with Gasteiger partial charge in [0, 0.05) is 5.92 Å². The van der Waals surface area contributed by atoms with Gasteiger partial charge in [0.2, 0.25) is 0 Å². The summed E-state index contributed by atoms with van der Waals surface area (Å²) in [5.41, 5.74) is 8.37. The summed E-state index contributed by atoms with van der Waals surface area (Å²) in [7, 11) is 0. The number of amidine groups is 1. The third-order valence-corrected chi connectivity index (χ3v) is 2.83. The molecule has 4 nitrogen and oxygen atoms in total. The third kappa shape index (κ3) is 4.75. The van der Waals surface area contributed by atoms with E-state index in [-0.39, 0.29) is 19.1 Å². The zero-order valence-corrected chi connectivity index (χ0v) is 11.1. The van der Waals surface area contributed by atoms with Gasteiger partial charge in [-0.05, 0) is 24.0 Å². The number of hydrogen-bond donors (Lipinski definition) is 2. The lowest BCUT2D eigenvalue weighted by molar-refractivity contribution is 0.0973. The molecule has 0 spiro atoms. The Bertz CT molecular complexity index is 374. The number of nitrogens with two attached hydrogens (primary N) is 1. The molecule has 0 saturated heterocycles. The van der Waals surface area contributed by atoms with E-state index in [1.165, 1.54) is 11.1 Å². The summed E-state index contributed by atoms with van der Waals surface area (Å²) >= 11 is 0. The van der Waals surface area contributed by atoms with Crippen molar-refractivity contribution in [2.45, 2.75) is 26.7 Å². The fraction of sp³-hybridized carbons (Fsp3) is 0.500. The molecule has 0 amide bonds. The van der Waals surface area contributed by atoms with Crippen LogP contribution in [0.1, 0.15) is 25.0 Å². The Kier molecular flexibility index (Phi) is 6.22. The number of aliphatic hydroxyl groups excluding tert-OH is 1. The Morgan fingerprint density at radius 3 is 2.50 bits per heavy atom. The summed E-state index contributed by atoms with van der Waals surface area (Å²) in [5, 5.41) is 12.3. The smallest absolute Gasteiger partial charge is 0.142 e. The van der Waals surface area contributed by atoms with Gasteiger partial charge in [0.1, 0.15) is 12.4 Å². The van der Waals surface area contributed by atoms with Gasteiger partial charge in [0.05, 0.1) is 6.61 Å². The van der Waals surface area contributed by atoms with Gasteiger partial charge in [-0.1, -0.05) is 43.3 Å². The third-order valence-electron chi connectivity index (χ3n) is 2.83. The van der Waals surface area contributed by atoms with Crippen LogP contribution in [-0.2, 0) is 17.7 Å². The van der Waals surface area contributed by atoms with Crippen molar-refractivity contribution in [1.29, 1.82) is 0 Å². The Hall–Kier alpha value is -1.55. The van der Waals surface area contributed by atoms with Crippen LogP contribution in [0, 0.1) is 5.92 Å². The minimum Gasteiger partial charge on any atom is -0.393 e. The Labute approximate surface area is 108 Å². The standard InChI is InChI=1S/C14H22N2O2/c1-3-12-4-6-13(7-5-12)10-11(2)14(15)16-18-9-8-17/h4-7,11,17H,3,8-10H2,1-2H3,(H2,15,16)/t11-/m0/s1. The van der Waals surface area contributed by atoms with Crippen LogP contribution in [-0.4, -0.2) is 24.2 Å². The van der Waals surface area contributed by atoms with Gasteiger partial charge in [-0.2, -0.15) is 0 Å². The molecule has 0 aromatic heterocycles. The van der Waals surface area contributed by atoms with Crippen LogP contribution in [0.3, 0.4) is 0 Å². The van der Waals surface area contributed by atoms with Crippen LogP contribution in [0.2, 0.25) is 0 Å². The Morgan fingerprint density at radius 2 is 1.94 bits per heavy atom. The lowest BCUT2D eigenvalue weighted by Crippen LogP contribution is -2.23. The number of aryl methyl sites for hydroxylation is 1. The highest BCUT2D eigenvalue weighted by molar-refractivity contribution is 5.82. The van der Waals surface area contributed by atoms with Crippen molar-refractivity contribution in [2.24, 2.45) is 16.8 Å². The molecule has 0 unspecified atom stereocenters. The second kappa shape index (κ2) is 7.71. The molecule has 0 fully saturated rings. The number of nitrogens with zero attached hydrogens (tertiary/aromatic N) is 1. The highest BCUT2D eigenvalue weighted by Gasteiger charge is 2.08. The van der Waals surface area contributed by atoms with Gasteiger partial charge < -0.3 is 15.7 Å². The summed E-state index contributed by atoms with van der Waals surface area (Å²) < 4.78 is 0. The molecule has 4 heteroatoms. The molecule has 0 saturated carbocycles. The second-order valence-corrected chi connectivity index (χ2v) is 4.35. The zero-order chi connectivity index (χ0) is 13.4. The Balaban J connectivity index is 2.52. The molecule has 0 radical (unpaired) electrons. The van der Waals surface area contributed by atoms with Crippen molar-refractivity contribution >= 4 is 5.84 Å². The maximum Gasteiger partial charge on any atom is 0.142 e. The average Bonchev–Trinajstić information content (AvgIpc) is 2.39. The van der Waals surface area contributed by atoms with E-state index in [0.29, 0.717) is 5.84 Å². The second-order valence-electron chi connectivity index (χ2n) is 4.35. The molecule has 0 heterocycles. The molecule has 18 heavy (non-hydrogen) atoms. The van der Waals surface area contributed by atoms with Gasteiger partial charge in [-0.15, -0.1) is 0 Å². The van der Waals surface area contributed by atoms with Crippen molar-refractivity contribution in [2.75, 3.05) is 13.2 Å². The fourth-order valence-electron chi connectivity index (χ4n) is 1.62. The van der Waals surface area contributed by atoms with Crippen LogP contribution in [0.5, 0.6) is 0 Å². The topological polar surface area (TPSA) is 67.8 Å². The first-order chi connectivity index (χ1) is 8.67. The van der Waals surface area contributed by atoms with Crippen LogP contribution in [0.25, 0.3) is 0 Å². The zero-order valence-electron chi connectivity index (χ0n) is 11.1. The van der Waals surface area contributed by atoms with E-state index in [9.17, 15) is 0 Å². The van der Waals surface area contributed by atoms with Gasteiger partial charge in [0.15, 0.2) is 0 Å².